The summed E-state index contributed by atoms with van der Waals surface area (Å²) in [6.07, 6.45) is 4.21. The van der Waals surface area contributed by atoms with Crippen LogP contribution < -0.4 is 5.32 Å². The van der Waals surface area contributed by atoms with Crippen molar-refractivity contribution >= 4 is 11.8 Å². The van der Waals surface area contributed by atoms with Crippen molar-refractivity contribution < 1.29 is 9.59 Å². The molecule has 3 aliphatic heterocycles. The normalized spacial score (nSPS) is 26.9. The van der Waals surface area contributed by atoms with Gasteiger partial charge in [-0.1, -0.05) is 0 Å². The van der Waals surface area contributed by atoms with E-state index in [0.717, 1.165) is 78.0 Å². The summed E-state index contributed by atoms with van der Waals surface area (Å²) in [6, 6.07) is 0.525. The fourth-order valence-corrected chi connectivity index (χ4v) is 4.57. The molecule has 3 saturated heterocycles. The fourth-order valence-electron chi connectivity index (χ4n) is 4.57. The van der Waals surface area contributed by atoms with E-state index in [1.54, 1.807) is 0 Å². The molecule has 3 heterocycles. The lowest BCUT2D eigenvalue weighted by Gasteiger charge is -2.43. The summed E-state index contributed by atoms with van der Waals surface area (Å²) < 4.78 is 0. The monoisotopic (exact) mass is 365 g/mol. The highest BCUT2D eigenvalue weighted by Gasteiger charge is 2.34. The fraction of sp³-hybridized carbons (Fsp3) is 0.895. The van der Waals surface area contributed by atoms with Gasteiger partial charge in [0.1, 0.15) is 0 Å². The number of carbonyl (C=O) groups excluding carboxylic acids is 2. The van der Waals surface area contributed by atoms with E-state index in [1.807, 2.05) is 11.9 Å². The largest absolute Gasteiger partial charge is 0.341 e. The summed E-state index contributed by atoms with van der Waals surface area (Å²) in [7, 11) is 3.94. The van der Waals surface area contributed by atoms with Gasteiger partial charge in [-0.25, -0.2) is 0 Å². The van der Waals surface area contributed by atoms with E-state index in [0.29, 0.717) is 18.5 Å². The average Bonchev–Trinajstić information content (AvgIpc) is 2.68. The summed E-state index contributed by atoms with van der Waals surface area (Å²) in [5.74, 6) is 0.730. The van der Waals surface area contributed by atoms with Crippen LogP contribution in [-0.4, -0.2) is 110 Å². The third kappa shape index (κ3) is 4.75. The number of carbonyl (C=O) groups is 2. The number of rotatable bonds is 4. The van der Waals surface area contributed by atoms with Crippen molar-refractivity contribution in [2.24, 2.45) is 5.92 Å². The maximum atomic E-state index is 12.9. The van der Waals surface area contributed by atoms with Gasteiger partial charge in [-0.15, -0.1) is 0 Å². The highest BCUT2D eigenvalue weighted by atomic mass is 16.2. The molecular formula is C19H35N5O2. The van der Waals surface area contributed by atoms with Gasteiger partial charge in [0, 0.05) is 51.9 Å². The van der Waals surface area contributed by atoms with Crippen molar-refractivity contribution in [3.63, 3.8) is 0 Å². The summed E-state index contributed by atoms with van der Waals surface area (Å²) >= 11 is 0. The molecule has 3 rings (SSSR count). The van der Waals surface area contributed by atoms with Gasteiger partial charge in [-0.3, -0.25) is 14.5 Å². The summed E-state index contributed by atoms with van der Waals surface area (Å²) in [5.41, 5.74) is 0. The zero-order chi connectivity index (χ0) is 18.5. The van der Waals surface area contributed by atoms with E-state index in [4.69, 9.17) is 0 Å². The summed E-state index contributed by atoms with van der Waals surface area (Å²) in [5, 5.41) is 2.94. The van der Waals surface area contributed by atoms with Crippen LogP contribution in [0.4, 0.5) is 0 Å². The highest BCUT2D eigenvalue weighted by Crippen LogP contribution is 2.25. The van der Waals surface area contributed by atoms with Gasteiger partial charge in [0.25, 0.3) is 0 Å². The minimum atomic E-state index is 0.163. The van der Waals surface area contributed by atoms with Crippen LogP contribution in [0.5, 0.6) is 0 Å². The standard InChI is InChI=1S/C19H35N5O2/c1-20-14-18(25)22-8-5-17(6-9-22)24-7-3-4-16(15-24)19(26)23-12-10-21(2)11-13-23/h16-17,20H,3-15H2,1-2H3. The lowest BCUT2D eigenvalue weighted by Crippen LogP contribution is -2.54. The molecule has 0 spiro atoms. The number of hydrogen-bond donors (Lipinski definition) is 1. The lowest BCUT2D eigenvalue weighted by molar-refractivity contribution is -0.139. The van der Waals surface area contributed by atoms with Crippen molar-refractivity contribution in [3.8, 4) is 0 Å². The van der Waals surface area contributed by atoms with Crippen LogP contribution >= 0.6 is 0 Å². The van der Waals surface area contributed by atoms with Gasteiger partial charge in [-0.2, -0.15) is 0 Å². The number of hydrogen-bond acceptors (Lipinski definition) is 5. The van der Waals surface area contributed by atoms with Crippen molar-refractivity contribution in [1.82, 2.24) is 24.9 Å². The van der Waals surface area contributed by atoms with E-state index in [-0.39, 0.29) is 11.8 Å². The molecule has 0 aromatic rings. The number of piperidine rings is 2. The molecule has 1 N–H and O–H groups in total. The molecule has 0 aliphatic carbocycles. The molecule has 148 valence electrons. The van der Waals surface area contributed by atoms with Crippen LogP contribution in [0.15, 0.2) is 0 Å². The van der Waals surface area contributed by atoms with Crippen molar-refractivity contribution in [2.45, 2.75) is 31.7 Å². The molecule has 3 aliphatic rings. The molecule has 0 radical (unpaired) electrons. The number of piperazine rings is 1. The molecule has 7 nitrogen and oxygen atoms in total. The molecule has 3 fully saturated rings. The number of amides is 2. The maximum Gasteiger partial charge on any atom is 0.236 e. The van der Waals surface area contributed by atoms with Crippen LogP contribution in [-0.2, 0) is 9.59 Å². The molecule has 0 aromatic carbocycles. The number of nitrogens with one attached hydrogen (secondary N) is 1. The van der Waals surface area contributed by atoms with Gasteiger partial charge in [0.15, 0.2) is 0 Å². The van der Waals surface area contributed by atoms with Gasteiger partial charge < -0.3 is 20.0 Å². The number of nitrogens with zero attached hydrogens (tertiary/aromatic N) is 4. The minimum Gasteiger partial charge on any atom is -0.341 e. The third-order valence-electron chi connectivity index (χ3n) is 6.28. The number of likely N-dealkylation sites (N-methyl/N-ethyl adjacent to an activating group) is 2. The van der Waals surface area contributed by atoms with Crippen LogP contribution in [0, 0.1) is 5.92 Å². The zero-order valence-electron chi connectivity index (χ0n) is 16.5. The summed E-state index contributed by atoms with van der Waals surface area (Å²) in [4.78, 5) is 33.8. The smallest absolute Gasteiger partial charge is 0.236 e. The van der Waals surface area contributed by atoms with Crippen molar-refractivity contribution in [2.75, 3.05) is 73.0 Å². The average molecular weight is 366 g/mol. The Labute approximate surface area is 157 Å². The van der Waals surface area contributed by atoms with Crippen molar-refractivity contribution in [3.05, 3.63) is 0 Å². The van der Waals surface area contributed by atoms with E-state index >= 15 is 0 Å². The molecule has 26 heavy (non-hydrogen) atoms. The lowest BCUT2D eigenvalue weighted by atomic mass is 9.92. The van der Waals surface area contributed by atoms with Gasteiger partial charge in [0.05, 0.1) is 12.5 Å². The quantitative estimate of drug-likeness (QED) is 0.740. The van der Waals surface area contributed by atoms with Crippen LogP contribution in [0.1, 0.15) is 25.7 Å². The predicted octanol–water partition coefficient (Wildman–Crippen LogP) is -0.317. The van der Waals surface area contributed by atoms with E-state index < -0.39 is 0 Å². The first kappa shape index (κ1) is 19.6. The van der Waals surface area contributed by atoms with Crippen LogP contribution in [0.2, 0.25) is 0 Å². The Morgan fingerprint density at radius 3 is 2.27 bits per heavy atom. The molecule has 2 amide bonds. The second kappa shape index (κ2) is 9.15. The highest BCUT2D eigenvalue weighted by molar-refractivity contribution is 5.79. The van der Waals surface area contributed by atoms with Gasteiger partial charge >= 0.3 is 0 Å². The Hall–Kier alpha value is -1.18. The molecule has 0 bridgehead atoms. The summed E-state index contributed by atoms with van der Waals surface area (Å²) in [6.45, 7) is 7.84. The van der Waals surface area contributed by atoms with Crippen LogP contribution in [0.3, 0.4) is 0 Å². The first-order chi connectivity index (χ1) is 12.6. The SMILES string of the molecule is CNCC(=O)N1CCC(N2CCCC(C(=O)N3CCN(C)CC3)C2)CC1. The Morgan fingerprint density at radius 1 is 0.923 bits per heavy atom. The van der Waals surface area contributed by atoms with E-state index in [1.165, 1.54) is 0 Å². The van der Waals surface area contributed by atoms with E-state index in [2.05, 4.69) is 27.1 Å². The second-order valence-corrected chi connectivity index (χ2v) is 8.10. The predicted molar refractivity (Wildman–Crippen MR) is 102 cm³/mol. The Bertz CT molecular complexity index is 484. The van der Waals surface area contributed by atoms with Crippen molar-refractivity contribution in [1.29, 1.82) is 0 Å². The third-order valence-corrected chi connectivity index (χ3v) is 6.28. The number of likely N-dealkylation sites (tertiary alicyclic amines) is 2. The van der Waals surface area contributed by atoms with Gasteiger partial charge in [0.2, 0.25) is 11.8 Å². The zero-order valence-corrected chi connectivity index (χ0v) is 16.5. The first-order valence-electron chi connectivity index (χ1n) is 10.2. The maximum absolute atomic E-state index is 12.9. The second-order valence-electron chi connectivity index (χ2n) is 8.10. The molecular weight excluding hydrogens is 330 g/mol. The molecule has 1 atom stereocenters. The molecule has 1 unspecified atom stereocenters. The van der Waals surface area contributed by atoms with E-state index in [9.17, 15) is 9.59 Å². The minimum absolute atomic E-state index is 0.163. The topological polar surface area (TPSA) is 59.1 Å². The Morgan fingerprint density at radius 2 is 1.62 bits per heavy atom. The molecule has 0 saturated carbocycles. The van der Waals surface area contributed by atoms with Crippen LogP contribution in [0.25, 0.3) is 0 Å². The first-order valence-corrected chi connectivity index (χ1v) is 10.2. The molecule has 0 aromatic heterocycles. The molecule has 7 heteroatoms. The Balaban J connectivity index is 1.48. The van der Waals surface area contributed by atoms with Gasteiger partial charge in [-0.05, 0) is 46.3 Å². The Kier molecular flexibility index (Phi) is 6.89.